The summed E-state index contributed by atoms with van der Waals surface area (Å²) in [5.41, 5.74) is 1.08. The van der Waals surface area contributed by atoms with Gasteiger partial charge in [0, 0.05) is 31.0 Å². The van der Waals surface area contributed by atoms with Gasteiger partial charge in [0.2, 0.25) is 11.8 Å². The van der Waals surface area contributed by atoms with E-state index in [1.54, 1.807) is 16.8 Å². The van der Waals surface area contributed by atoms with E-state index in [0.29, 0.717) is 19.5 Å². The highest BCUT2D eigenvalue weighted by atomic mass is 79.9. The molecule has 1 aliphatic heterocycles. The third kappa shape index (κ3) is 3.80. The number of halogens is 1. The van der Waals surface area contributed by atoms with E-state index in [9.17, 15) is 9.59 Å². The summed E-state index contributed by atoms with van der Waals surface area (Å²) < 4.78 is 1.02. The molecule has 0 bridgehead atoms. The number of benzene rings is 1. The van der Waals surface area contributed by atoms with E-state index in [4.69, 9.17) is 0 Å². The Bertz CT molecular complexity index is 473. The quantitative estimate of drug-likeness (QED) is 0.850. The number of carbonyl (C=O) groups excluding carboxylic acids is 2. The number of likely N-dealkylation sites (N-methyl/N-ethyl adjacent to an activating group) is 1. The van der Waals surface area contributed by atoms with Gasteiger partial charge in [0.15, 0.2) is 0 Å². The van der Waals surface area contributed by atoms with Crippen LogP contribution in [0.25, 0.3) is 0 Å². The second-order valence-electron chi connectivity index (χ2n) is 4.80. The molecule has 1 saturated heterocycles. The molecule has 1 aromatic carbocycles. The molecule has 1 aromatic rings. The molecule has 1 fully saturated rings. The predicted octanol–water partition coefficient (Wildman–Crippen LogP) is 2.03. The highest BCUT2D eigenvalue weighted by Crippen LogP contribution is 2.13. The first-order valence-electron chi connectivity index (χ1n) is 6.32. The average molecular weight is 325 g/mol. The van der Waals surface area contributed by atoms with Gasteiger partial charge < -0.3 is 9.80 Å². The van der Waals surface area contributed by atoms with E-state index < -0.39 is 0 Å². The minimum absolute atomic E-state index is 0.0156. The minimum atomic E-state index is -0.0156. The lowest BCUT2D eigenvalue weighted by atomic mass is 10.2. The van der Waals surface area contributed by atoms with Crippen LogP contribution in [0.3, 0.4) is 0 Å². The van der Waals surface area contributed by atoms with E-state index in [-0.39, 0.29) is 18.4 Å². The van der Waals surface area contributed by atoms with Crippen molar-refractivity contribution in [3.05, 3.63) is 34.3 Å². The van der Waals surface area contributed by atoms with Crippen LogP contribution in [0.5, 0.6) is 0 Å². The van der Waals surface area contributed by atoms with E-state index in [0.717, 1.165) is 16.5 Å². The average Bonchev–Trinajstić information content (AvgIpc) is 2.78. The zero-order valence-corrected chi connectivity index (χ0v) is 12.5. The van der Waals surface area contributed by atoms with Gasteiger partial charge in [0.25, 0.3) is 0 Å². The summed E-state index contributed by atoms with van der Waals surface area (Å²) >= 11 is 3.38. The van der Waals surface area contributed by atoms with Gasteiger partial charge in [0.1, 0.15) is 0 Å². The first kappa shape index (κ1) is 14.1. The van der Waals surface area contributed by atoms with E-state index in [2.05, 4.69) is 15.9 Å². The van der Waals surface area contributed by atoms with Crippen molar-refractivity contribution in [2.45, 2.75) is 19.4 Å². The molecule has 4 nitrogen and oxygen atoms in total. The van der Waals surface area contributed by atoms with Gasteiger partial charge >= 0.3 is 0 Å². The summed E-state index contributed by atoms with van der Waals surface area (Å²) in [5, 5.41) is 0. The van der Waals surface area contributed by atoms with Crippen molar-refractivity contribution in [1.82, 2.24) is 9.80 Å². The van der Waals surface area contributed by atoms with Crippen molar-refractivity contribution >= 4 is 27.7 Å². The fraction of sp³-hybridized carbons (Fsp3) is 0.429. The summed E-state index contributed by atoms with van der Waals surface area (Å²) in [4.78, 5) is 26.8. The van der Waals surface area contributed by atoms with Crippen LogP contribution in [-0.2, 0) is 16.1 Å². The third-order valence-electron chi connectivity index (χ3n) is 3.26. The van der Waals surface area contributed by atoms with Gasteiger partial charge in [0.05, 0.1) is 6.54 Å². The molecule has 2 amide bonds. The van der Waals surface area contributed by atoms with Crippen molar-refractivity contribution in [2.75, 3.05) is 20.1 Å². The Kier molecular flexibility index (Phi) is 4.58. The van der Waals surface area contributed by atoms with Crippen molar-refractivity contribution in [2.24, 2.45) is 0 Å². The molecular formula is C14H17BrN2O2. The van der Waals surface area contributed by atoms with Crippen LogP contribution in [0.1, 0.15) is 18.4 Å². The summed E-state index contributed by atoms with van der Waals surface area (Å²) in [5.74, 6) is 0.0727. The maximum atomic E-state index is 12.0. The van der Waals surface area contributed by atoms with E-state index >= 15 is 0 Å². The Morgan fingerprint density at radius 2 is 2.05 bits per heavy atom. The van der Waals surface area contributed by atoms with Gasteiger partial charge in [-0.1, -0.05) is 28.1 Å². The molecular weight excluding hydrogens is 308 g/mol. The maximum Gasteiger partial charge on any atom is 0.242 e. The van der Waals surface area contributed by atoms with Crippen LogP contribution in [-0.4, -0.2) is 41.8 Å². The summed E-state index contributed by atoms with van der Waals surface area (Å²) in [6, 6.07) is 7.87. The monoisotopic (exact) mass is 324 g/mol. The molecule has 0 aliphatic carbocycles. The Morgan fingerprint density at radius 1 is 1.37 bits per heavy atom. The standard InChI is InChI=1S/C14H17BrN2O2/c1-16(9-11-4-6-12(15)7-5-11)14(19)10-17-8-2-3-13(17)18/h4-7H,2-3,8-10H2,1H3. The number of hydrogen-bond donors (Lipinski definition) is 0. The van der Waals surface area contributed by atoms with Crippen molar-refractivity contribution in [3.8, 4) is 0 Å². The van der Waals surface area contributed by atoms with Crippen molar-refractivity contribution in [3.63, 3.8) is 0 Å². The molecule has 1 heterocycles. The summed E-state index contributed by atoms with van der Waals surface area (Å²) in [6.07, 6.45) is 1.44. The molecule has 19 heavy (non-hydrogen) atoms. The number of hydrogen-bond acceptors (Lipinski definition) is 2. The predicted molar refractivity (Wildman–Crippen MR) is 76.4 cm³/mol. The van der Waals surface area contributed by atoms with Gasteiger partial charge in [-0.15, -0.1) is 0 Å². The molecule has 0 saturated carbocycles. The molecule has 0 unspecified atom stereocenters. The summed E-state index contributed by atoms with van der Waals surface area (Å²) in [6.45, 7) is 1.47. The Morgan fingerprint density at radius 3 is 2.63 bits per heavy atom. The largest absolute Gasteiger partial charge is 0.340 e. The van der Waals surface area contributed by atoms with Crippen molar-refractivity contribution in [1.29, 1.82) is 0 Å². The number of rotatable bonds is 4. The van der Waals surface area contributed by atoms with Crippen LogP contribution in [0.4, 0.5) is 0 Å². The molecule has 2 rings (SSSR count). The first-order valence-corrected chi connectivity index (χ1v) is 7.12. The lowest BCUT2D eigenvalue weighted by Crippen LogP contribution is -2.38. The molecule has 0 atom stereocenters. The third-order valence-corrected chi connectivity index (χ3v) is 3.78. The van der Waals surface area contributed by atoms with Gasteiger partial charge in [-0.25, -0.2) is 0 Å². The Balaban J connectivity index is 1.88. The van der Waals surface area contributed by atoms with Crippen LogP contribution in [0.2, 0.25) is 0 Å². The fourth-order valence-electron chi connectivity index (χ4n) is 2.11. The maximum absolute atomic E-state index is 12.0. The zero-order chi connectivity index (χ0) is 13.8. The fourth-order valence-corrected chi connectivity index (χ4v) is 2.37. The number of carbonyl (C=O) groups is 2. The van der Waals surface area contributed by atoms with Gasteiger partial charge in [-0.3, -0.25) is 9.59 Å². The van der Waals surface area contributed by atoms with Crippen LogP contribution < -0.4 is 0 Å². The smallest absolute Gasteiger partial charge is 0.242 e. The van der Waals surface area contributed by atoms with Gasteiger partial charge in [-0.05, 0) is 24.1 Å². The molecule has 5 heteroatoms. The lowest BCUT2D eigenvalue weighted by Gasteiger charge is -2.21. The van der Waals surface area contributed by atoms with Gasteiger partial charge in [-0.2, -0.15) is 0 Å². The highest BCUT2D eigenvalue weighted by Gasteiger charge is 2.23. The second kappa shape index (κ2) is 6.19. The molecule has 0 aromatic heterocycles. The van der Waals surface area contributed by atoms with Crippen LogP contribution in [0.15, 0.2) is 28.7 Å². The van der Waals surface area contributed by atoms with E-state index in [1.807, 2.05) is 24.3 Å². The zero-order valence-electron chi connectivity index (χ0n) is 10.9. The number of amides is 2. The Labute approximate surface area is 121 Å². The van der Waals surface area contributed by atoms with Crippen LogP contribution in [0, 0.1) is 0 Å². The van der Waals surface area contributed by atoms with Crippen molar-refractivity contribution < 1.29 is 9.59 Å². The first-order chi connectivity index (χ1) is 9.06. The summed E-state index contributed by atoms with van der Waals surface area (Å²) in [7, 11) is 1.77. The lowest BCUT2D eigenvalue weighted by molar-refractivity contribution is -0.137. The highest BCUT2D eigenvalue weighted by molar-refractivity contribution is 9.10. The number of likely N-dealkylation sites (tertiary alicyclic amines) is 1. The SMILES string of the molecule is CN(Cc1ccc(Br)cc1)C(=O)CN1CCCC1=O. The van der Waals surface area contributed by atoms with Crippen LogP contribution >= 0.6 is 15.9 Å². The number of nitrogens with zero attached hydrogens (tertiary/aromatic N) is 2. The normalized spacial score (nSPS) is 14.8. The second-order valence-corrected chi connectivity index (χ2v) is 5.71. The Hall–Kier alpha value is -1.36. The molecule has 0 radical (unpaired) electrons. The molecule has 0 N–H and O–H groups in total. The molecule has 102 valence electrons. The molecule has 1 aliphatic rings. The van der Waals surface area contributed by atoms with E-state index in [1.165, 1.54) is 0 Å². The molecule has 0 spiro atoms. The minimum Gasteiger partial charge on any atom is -0.340 e. The topological polar surface area (TPSA) is 40.6 Å².